The van der Waals surface area contributed by atoms with Crippen molar-refractivity contribution >= 4 is 56.9 Å². The van der Waals surface area contributed by atoms with Crippen LogP contribution < -0.4 is 9.47 Å². The zero-order chi connectivity index (χ0) is 22.4. The van der Waals surface area contributed by atoms with Gasteiger partial charge < -0.3 is 19.3 Å². The zero-order valence-corrected chi connectivity index (χ0v) is 18.8. The Bertz CT molecular complexity index is 1110. The molecule has 1 aliphatic rings. The number of carbonyl (C=O) groups excluding carboxylic acids is 1. The third kappa shape index (κ3) is 4.95. The molecule has 0 fully saturated rings. The SMILES string of the molecule is CCOC(=O)C1=C(O)C(=S)C(=Nc2ccccc2OC)C(=Nc2ccccc2OC)S1. The molecule has 0 radical (unpaired) electrons. The van der Waals surface area contributed by atoms with Gasteiger partial charge in [-0.2, -0.15) is 0 Å². The molecule has 0 spiro atoms. The van der Waals surface area contributed by atoms with Crippen LogP contribution in [0.25, 0.3) is 0 Å². The number of nitrogens with zero attached hydrogens (tertiary/aromatic N) is 2. The number of thioether (sulfide) groups is 1. The number of hydrogen-bond donors (Lipinski definition) is 1. The van der Waals surface area contributed by atoms with Gasteiger partial charge in [-0.15, -0.1) is 0 Å². The van der Waals surface area contributed by atoms with E-state index in [4.69, 9.17) is 26.4 Å². The first-order valence-electron chi connectivity index (χ1n) is 9.26. The lowest BCUT2D eigenvalue weighted by molar-refractivity contribution is -0.137. The Kier molecular flexibility index (Phi) is 7.43. The van der Waals surface area contributed by atoms with Gasteiger partial charge in [-0.3, -0.25) is 0 Å². The molecule has 2 aromatic carbocycles. The summed E-state index contributed by atoms with van der Waals surface area (Å²) in [4.78, 5) is 21.6. The second-order valence-electron chi connectivity index (χ2n) is 6.05. The highest BCUT2D eigenvalue weighted by atomic mass is 32.2. The van der Waals surface area contributed by atoms with Gasteiger partial charge in [0.1, 0.15) is 43.4 Å². The van der Waals surface area contributed by atoms with Gasteiger partial charge in [0.25, 0.3) is 0 Å². The Morgan fingerprint density at radius 2 is 1.55 bits per heavy atom. The molecular weight excluding hydrogens is 436 g/mol. The van der Waals surface area contributed by atoms with Crippen LogP contribution >= 0.6 is 24.0 Å². The van der Waals surface area contributed by atoms with Gasteiger partial charge in [0.2, 0.25) is 0 Å². The van der Waals surface area contributed by atoms with Crippen LogP contribution in [0.3, 0.4) is 0 Å². The molecule has 0 bridgehead atoms. The minimum atomic E-state index is -0.684. The minimum absolute atomic E-state index is 0.0126. The van der Waals surface area contributed by atoms with Crippen LogP contribution in [0.15, 0.2) is 69.2 Å². The maximum atomic E-state index is 12.4. The molecule has 1 N–H and O–H groups in total. The average Bonchev–Trinajstić information content (AvgIpc) is 2.79. The molecule has 3 rings (SSSR count). The molecule has 0 saturated heterocycles. The van der Waals surface area contributed by atoms with E-state index in [0.717, 1.165) is 11.8 Å². The van der Waals surface area contributed by atoms with E-state index in [1.165, 1.54) is 14.2 Å². The van der Waals surface area contributed by atoms with Crippen molar-refractivity contribution in [2.45, 2.75) is 6.92 Å². The summed E-state index contributed by atoms with van der Waals surface area (Å²) in [6.07, 6.45) is 0. The molecule has 0 aromatic heterocycles. The molecule has 0 amide bonds. The van der Waals surface area contributed by atoms with Gasteiger partial charge >= 0.3 is 5.97 Å². The van der Waals surface area contributed by atoms with Crippen molar-refractivity contribution in [2.24, 2.45) is 9.98 Å². The van der Waals surface area contributed by atoms with Crippen molar-refractivity contribution < 1.29 is 24.1 Å². The smallest absolute Gasteiger partial charge is 0.348 e. The number of thiocarbonyl (C=S) groups is 1. The predicted molar refractivity (Wildman–Crippen MR) is 127 cm³/mol. The monoisotopic (exact) mass is 456 g/mol. The third-order valence-corrected chi connectivity index (χ3v) is 5.56. The lowest BCUT2D eigenvalue weighted by Gasteiger charge is -2.20. The van der Waals surface area contributed by atoms with Gasteiger partial charge in [-0.25, -0.2) is 14.8 Å². The number of methoxy groups -OCH3 is 2. The van der Waals surface area contributed by atoms with E-state index in [2.05, 4.69) is 9.98 Å². The van der Waals surface area contributed by atoms with Gasteiger partial charge in [0.05, 0.1) is 20.8 Å². The Labute approximate surface area is 189 Å². The summed E-state index contributed by atoms with van der Waals surface area (Å²) in [5.41, 5.74) is 1.26. The standard InChI is InChI=1S/C22H20N2O5S2/c1-4-29-22(26)20-18(25)19(30)17(23-13-9-5-7-11-15(13)27-2)21(31-20)24-14-10-6-8-12-16(14)28-3/h5-12,25H,4H2,1-3H3. The van der Waals surface area contributed by atoms with Gasteiger partial charge in [-0.1, -0.05) is 48.2 Å². The number of aliphatic hydroxyl groups is 1. The number of rotatable bonds is 6. The van der Waals surface area contributed by atoms with Crippen molar-refractivity contribution in [3.8, 4) is 11.5 Å². The van der Waals surface area contributed by atoms with Crippen LogP contribution in [0.4, 0.5) is 11.4 Å². The molecular formula is C22H20N2O5S2. The molecule has 0 saturated carbocycles. The fourth-order valence-electron chi connectivity index (χ4n) is 2.69. The highest BCUT2D eigenvalue weighted by Crippen LogP contribution is 2.36. The Morgan fingerprint density at radius 1 is 1.00 bits per heavy atom. The van der Waals surface area contributed by atoms with Crippen LogP contribution in [0.5, 0.6) is 11.5 Å². The summed E-state index contributed by atoms with van der Waals surface area (Å²) in [7, 11) is 3.07. The summed E-state index contributed by atoms with van der Waals surface area (Å²) < 4.78 is 15.8. The first-order valence-corrected chi connectivity index (χ1v) is 10.5. The number of allylic oxidation sites excluding steroid dienone is 1. The van der Waals surface area contributed by atoms with Crippen LogP contribution in [0, 0.1) is 0 Å². The molecule has 7 nitrogen and oxygen atoms in total. The lowest BCUT2D eigenvalue weighted by atomic mass is 10.2. The second-order valence-corrected chi connectivity index (χ2v) is 7.46. The number of benzene rings is 2. The van der Waals surface area contributed by atoms with Crippen molar-refractivity contribution in [3.05, 3.63) is 59.2 Å². The summed E-state index contributed by atoms with van der Waals surface area (Å²) in [6, 6.07) is 14.3. The number of hydrogen-bond acceptors (Lipinski definition) is 9. The average molecular weight is 457 g/mol. The molecule has 9 heteroatoms. The van der Waals surface area contributed by atoms with E-state index < -0.39 is 5.97 Å². The maximum Gasteiger partial charge on any atom is 0.348 e. The topological polar surface area (TPSA) is 89.7 Å². The molecule has 31 heavy (non-hydrogen) atoms. The van der Waals surface area contributed by atoms with Gasteiger partial charge in [-0.05, 0) is 31.2 Å². The zero-order valence-electron chi connectivity index (χ0n) is 17.1. The summed E-state index contributed by atoms with van der Waals surface area (Å²) in [5, 5.41) is 10.9. The number of aliphatic hydroxyl groups excluding tert-OH is 1. The summed E-state index contributed by atoms with van der Waals surface area (Å²) in [6.45, 7) is 1.84. The number of para-hydroxylation sites is 4. The Hall–Kier alpha value is -3.17. The van der Waals surface area contributed by atoms with Crippen molar-refractivity contribution in [2.75, 3.05) is 20.8 Å². The maximum absolute atomic E-state index is 12.4. The number of carbonyl (C=O) groups is 1. The largest absolute Gasteiger partial charge is 0.505 e. The fraction of sp³-hybridized carbons (Fsp3) is 0.182. The third-order valence-electron chi connectivity index (χ3n) is 4.13. The highest BCUT2D eigenvalue weighted by molar-refractivity contribution is 8.20. The van der Waals surface area contributed by atoms with Crippen molar-refractivity contribution in [1.29, 1.82) is 0 Å². The number of aliphatic imine (C=N–C) groups is 2. The molecule has 160 valence electrons. The van der Waals surface area contributed by atoms with Gasteiger partial charge in [0, 0.05) is 0 Å². The molecule has 1 heterocycles. The summed E-state index contributed by atoms with van der Waals surface area (Å²) in [5.74, 6) is 0.0104. The molecule has 0 aliphatic carbocycles. The molecule has 0 atom stereocenters. The normalized spacial score (nSPS) is 16.5. The molecule has 2 aromatic rings. The fourth-order valence-corrected chi connectivity index (χ4v) is 3.99. The van der Waals surface area contributed by atoms with E-state index in [1.54, 1.807) is 37.3 Å². The van der Waals surface area contributed by atoms with E-state index >= 15 is 0 Å². The van der Waals surface area contributed by atoms with Crippen LogP contribution in [-0.2, 0) is 9.53 Å². The Morgan fingerprint density at radius 3 is 2.10 bits per heavy atom. The second kappa shape index (κ2) is 10.2. The van der Waals surface area contributed by atoms with Crippen molar-refractivity contribution in [1.82, 2.24) is 0 Å². The number of esters is 1. The van der Waals surface area contributed by atoms with Gasteiger partial charge in [0.15, 0.2) is 5.76 Å². The van der Waals surface area contributed by atoms with Crippen LogP contribution in [0.2, 0.25) is 0 Å². The first-order chi connectivity index (χ1) is 15.0. The van der Waals surface area contributed by atoms with E-state index in [1.807, 2.05) is 18.2 Å². The molecule has 1 aliphatic heterocycles. The van der Waals surface area contributed by atoms with Crippen LogP contribution in [-0.4, -0.2) is 47.5 Å². The quantitative estimate of drug-likeness (QED) is 0.486. The lowest BCUT2D eigenvalue weighted by Crippen LogP contribution is -2.29. The minimum Gasteiger partial charge on any atom is -0.505 e. The van der Waals surface area contributed by atoms with E-state index in [9.17, 15) is 9.90 Å². The molecule has 0 unspecified atom stereocenters. The first kappa shape index (κ1) is 22.5. The van der Waals surface area contributed by atoms with E-state index in [-0.39, 0.29) is 27.8 Å². The van der Waals surface area contributed by atoms with Crippen molar-refractivity contribution in [3.63, 3.8) is 0 Å². The summed E-state index contributed by atoms with van der Waals surface area (Å²) >= 11 is 6.39. The Balaban J connectivity index is 2.20. The number of ether oxygens (including phenoxy) is 3. The predicted octanol–water partition coefficient (Wildman–Crippen LogP) is 4.96. The highest BCUT2D eigenvalue weighted by Gasteiger charge is 2.34. The van der Waals surface area contributed by atoms with E-state index in [0.29, 0.717) is 27.9 Å². The van der Waals surface area contributed by atoms with Crippen LogP contribution in [0.1, 0.15) is 6.92 Å².